The summed E-state index contributed by atoms with van der Waals surface area (Å²) in [4.78, 5) is 0. The SMILES string of the molecule is CCCCC1C(O)CC2CCC1N2. The topological polar surface area (TPSA) is 32.3 Å². The van der Waals surface area contributed by atoms with Gasteiger partial charge in [-0.3, -0.25) is 0 Å². The van der Waals surface area contributed by atoms with Crippen molar-refractivity contribution in [2.24, 2.45) is 5.92 Å². The molecule has 0 aromatic rings. The van der Waals surface area contributed by atoms with Crippen molar-refractivity contribution in [2.45, 2.75) is 63.6 Å². The van der Waals surface area contributed by atoms with Crippen molar-refractivity contribution in [2.75, 3.05) is 0 Å². The van der Waals surface area contributed by atoms with Crippen molar-refractivity contribution in [3.63, 3.8) is 0 Å². The van der Waals surface area contributed by atoms with Crippen molar-refractivity contribution < 1.29 is 5.11 Å². The number of nitrogens with one attached hydrogen (secondary N) is 1. The van der Waals surface area contributed by atoms with Crippen molar-refractivity contribution >= 4 is 0 Å². The molecule has 0 aromatic heterocycles. The molecular formula is C11H21NO. The maximum atomic E-state index is 9.94. The van der Waals surface area contributed by atoms with Gasteiger partial charge in [0.1, 0.15) is 0 Å². The maximum Gasteiger partial charge on any atom is 0.0598 e. The van der Waals surface area contributed by atoms with E-state index in [1.54, 1.807) is 0 Å². The molecule has 2 heteroatoms. The summed E-state index contributed by atoms with van der Waals surface area (Å²) in [6.45, 7) is 2.22. The summed E-state index contributed by atoms with van der Waals surface area (Å²) in [6, 6.07) is 1.25. The standard InChI is InChI=1S/C11H21NO/c1-2-3-4-9-10-6-5-8(12-10)7-11(9)13/h8-13H,2-7H2,1H3. The molecule has 0 saturated carbocycles. The second-order valence-corrected chi connectivity index (χ2v) is 4.66. The van der Waals surface area contributed by atoms with E-state index in [4.69, 9.17) is 0 Å². The Morgan fingerprint density at radius 2 is 2.23 bits per heavy atom. The van der Waals surface area contributed by atoms with Crippen LogP contribution in [-0.2, 0) is 0 Å². The molecule has 2 nitrogen and oxygen atoms in total. The predicted molar refractivity (Wildman–Crippen MR) is 53.6 cm³/mol. The molecule has 0 amide bonds. The van der Waals surface area contributed by atoms with Gasteiger partial charge in [-0.2, -0.15) is 0 Å². The quantitative estimate of drug-likeness (QED) is 0.697. The van der Waals surface area contributed by atoms with E-state index in [1.165, 1.54) is 32.1 Å². The van der Waals surface area contributed by atoms with Gasteiger partial charge in [0, 0.05) is 18.0 Å². The van der Waals surface area contributed by atoms with E-state index in [-0.39, 0.29) is 6.10 Å². The zero-order chi connectivity index (χ0) is 9.26. The summed E-state index contributed by atoms with van der Waals surface area (Å²) in [5, 5.41) is 13.6. The van der Waals surface area contributed by atoms with Crippen molar-refractivity contribution in [3.8, 4) is 0 Å². The van der Waals surface area contributed by atoms with Gasteiger partial charge >= 0.3 is 0 Å². The van der Waals surface area contributed by atoms with Gasteiger partial charge in [0.2, 0.25) is 0 Å². The number of rotatable bonds is 3. The molecule has 2 fully saturated rings. The number of aliphatic hydroxyl groups is 1. The van der Waals surface area contributed by atoms with Crippen LogP contribution >= 0.6 is 0 Å². The third-order valence-corrected chi connectivity index (χ3v) is 3.70. The minimum absolute atomic E-state index is 0.0229. The monoisotopic (exact) mass is 183 g/mol. The number of hydrogen-bond donors (Lipinski definition) is 2. The Balaban J connectivity index is 1.91. The van der Waals surface area contributed by atoms with Crippen LogP contribution in [0.2, 0.25) is 0 Å². The Kier molecular flexibility index (Phi) is 2.89. The molecule has 2 bridgehead atoms. The first-order chi connectivity index (χ1) is 6.31. The van der Waals surface area contributed by atoms with Gasteiger partial charge in [-0.25, -0.2) is 0 Å². The molecule has 0 radical (unpaired) electrons. The lowest BCUT2D eigenvalue weighted by atomic mass is 9.85. The summed E-state index contributed by atoms with van der Waals surface area (Å²) in [6.07, 6.45) is 7.27. The molecule has 76 valence electrons. The van der Waals surface area contributed by atoms with Gasteiger partial charge in [-0.05, 0) is 25.7 Å². The van der Waals surface area contributed by atoms with Gasteiger partial charge < -0.3 is 10.4 Å². The lowest BCUT2D eigenvalue weighted by molar-refractivity contribution is 0.0468. The molecule has 2 rings (SSSR count). The zero-order valence-corrected chi connectivity index (χ0v) is 8.50. The summed E-state index contributed by atoms with van der Waals surface area (Å²) >= 11 is 0. The highest BCUT2D eigenvalue weighted by atomic mass is 16.3. The molecule has 2 N–H and O–H groups in total. The lowest BCUT2D eigenvalue weighted by Gasteiger charge is -2.34. The van der Waals surface area contributed by atoms with Crippen LogP contribution in [0.25, 0.3) is 0 Å². The second kappa shape index (κ2) is 3.97. The van der Waals surface area contributed by atoms with Gasteiger partial charge in [0.25, 0.3) is 0 Å². The van der Waals surface area contributed by atoms with E-state index in [2.05, 4.69) is 12.2 Å². The first-order valence-corrected chi connectivity index (χ1v) is 5.75. The first kappa shape index (κ1) is 9.47. The fourth-order valence-electron chi connectivity index (χ4n) is 2.94. The Labute approximate surface area is 80.7 Å². The van der Waals surface area contributed by atoms with Crippen LogP contribution in [0, 0.1) is 5.92 Å². The average Bonchev–Trinajstić information content (AvgIpc) is 2.49. The van der Waals surface area contributed by atoms with Crippen LogP contribution in [0.5, 0.6) is 0 Å². The number of hydrogen-bond acceptors (Lipinski definition) is 2. The van der Waals surface area contributed by atoms with Crippen molar-refractivity contribution in [1.29, 1.82) is 0 Å². The molecule has 0 aromatic carbocycles. The Morgan fingerprint density at radius 3 is 3.00 bits per heavy atom. The van der Waals surface area contributed by atoms with Crippen LogP contribution in [0.4, 0.5) is 0 Å². The largest absolute Gasteiger partial charge is 0.393 e. The fraction of sp³-hybridized carbons (Fsp3) is 1.00. The number of piperidine rings is 1. The third-order valence-electron chi connectivity index (χ3n) is 3.70. The minimum Gasteiger partial charge on any atom is -0.393 e. The summed E-state index contributed by atoms with van der Waals surface area (Å²) in [5.74, 6) is 0.540. The van der Waals surface area contributed by atoms with Gasteiger partial charge in [0.05, 0.1) is 6.10 Å². The third kappa shape index (κ3) is 1.89. The van der Waals surface area contributed by atoms with E-state index in [1.807, 2.05) is 0 Å². The molecule has 4 unspecified atom stereocenters. The van der Waals surface area contributed by atoms with E-state index in [0.717, 1.165) is 6.42 Å². The van der Waals surface area contributed by atoms with E-state index < -0.39 is 0 Å². The van der Waals surface area contributed by atoms with E-state index >= 15 is 0 Å². The molecule has 0 aliphatic carbocycles. The summed E-state index contributed by atoms with van der Waals surface area (Å²) in [5.41, 5.74) is 0. The molecule has 13 heavy (non-hydrogen) atoms. The average molecular weight is 183 g/mol. The maximum absolute atomic E-state index is 9.94. The highest BCUT2D eigenvalue weighted by Crippen LogP contribution is 2.34. The summed E-state index contributed by atoms with van der Waals surface area (Å²) in [7, 11) is 0. The van der Waals surface area contributed by atoms with Crippen LogP contribution in [-0.4, -0.2) is 23.3 Å². The highest BCUT2D eigenvalue weighted by molar-refractivity contribution is 4.97. The molecular weight excluding hydrogens is 162 g/mol. The number of fused-ring (bicyclic) bond motifs is 2. The highest BCUT2D eigenvalue weighted by Gasteiger charge is 2.39. The van der Waals surface area contributed by atoms with Crippen LogP contribution < -0.4 is 5.32 Å². The predicted octanol–water partition coefficient (Wildman–Crippen LogP) is 1.68. The van der Waals surface area contributed by atoms with Crippen LogP contribution in [0.15, 0.2) is 0 Å². The first-order valence-electron chi connectivity index (χ1n) is 5.75. The molecule has 2 heterocycles. The molecule has 2 saturated heterocycles. The number of unbranched alkanes of at least 4 members (excludes halogenated alkanes) is 1. The molecule has 2 aliphatic rings. The smallest absolute Gasteiger partial charge is 0.0598 e. The van der Waals surface area contributed by atoms with Crippen molar-refractivity contribution in [1.82, 2.24) is 5.32 Å². The second-order valence-electron chi connectivity index (χ2n) is 4.66. The Morgan fingerprint density at radius 1 is 1.38 bits per heavy atom. The Bertz CT molecular complexity index is 171. The van der Waals surface area contributed by atoms with Gasteiger partial charge in [0.15, 0.2) is 0 Å². The summed E-state index contributed by atoms with van der Waals surface area (Å²) < 4.78 is 0. The minimum atomic E-state index is -0.0229. The van der Waals surface area contributed by atoms with E-state index in [9.17, 15) is 5.11 Å². The molecule has 2 aliphatic heterocycles. The van der Waals surface area contributed by atoms with Crippen LogP contribution in [0.1, 0.15) is 45.4 Å². The molecule has 4 atom stereocenters. The van der Waals surface area contributed by atoms with E-state index in [0.29, 0.717) is 18.0 Å². The lowest BCUT2D eigenvalue weighted by Crippen LogP contribution is -2.47. The fourth-order valence-corrected chi connectivity index (χ4v) is 2.94. The Hall–Kier alpha value is -0.0800. The van der Waals surface area contributed by atoms with Gasteiger partial charge in [-0.15, -0.1) is 0 Å². The normalized spacial score (nSPS) is 43.8. The van der Waals surface area contributed by atoms with Crippen molar-refractivity contribution in [3.05, 3.63) is 0 Å². The van der Waals surface area contributed by atoms with Crippen LogP contribution in [0.3, 0.4) is 0 Å². The zero-order valence-electron chi connectivity index (χ0n) is 8.50. The van der Waals surface area contributed by atoms with Gasteiger partial charge in [-0.1, -0.05) is 19.8 Å². The molecule has 0 spiro atoms. The number of aliphatic hydroxyl groups excluding tert-OH is 1.